The first kappa shape index (κ1) is 11.5. The molecule has 2 nitrogen and oxygen atoms in total. The molecule has 1 N–H and O–H groups in total. The van der Waals surface area contributed by atoms with Crippen LogP contribution in [0.15, 0.2) is 24.3 Å². The Bertz CT molecular complexity index is 318. The van der Waals surface area contributed by atoms with E-state index in [0.717, 1.165) is 18.2 Å². The van der Waals surface area contributed by atoms with Crippen molar-refractivity contribution in [3.05, 3.63) is 29.8 Å². The van der Waals surface area contributed by atoms with Crippen molar-refractivity contribution in [2.75, 3.05) is 13.7 Å². The zero-order valence-corrected chi connectivity index (χ0v) is 10.0. The van der Waals surface area contributed by atoms with Crippen LogP contribution < -0.4 is 10.1 Å². The molecule has 1 aromatic carbocycles. The maximum absolute atomic E-state index is 5.23. The Balaban J connectivity index is 1.83. The van der Waals surface area contributed by atoms with Crippen LogP contribution in [0.25, 0.3) is 0 Å². The molecule has 1 aliphatic heterocycles. The van der Waals surface area contributed by atoms with Gasteiger partial charge in [-0.25, -0.2) is 0 Å². The lowest BCUT2D eigenvalue weighted by atomic mass is 9.98. The number of benzene rings is 1. The molecule has 1 aromatic rings. The van der Waals surface area contributed by atoms with E-state index in [4.69, 9.17) is 4.74 Å². The number of hydrogen-bond acceptors (Lipinski definition) is 2. The molecular formula is C14H21NO. The van der Waals surface area contributed by atoms with Crippen molar-refractivity contribution in [1.82, 2.24) is 5.32 Å². The van der Waals surface area contributed by atoms with Gasteiger partial charge in [0, 0.05) is 6.04 Å². The van der Waals surface area contributed by atoms with E-state index in [-0.39, 0.29) is 0 Å². The van der Waals surface area contributed by atoms with Crippen molar-refractivity contribution in [3.63, 3.8) is 0 Å². The molecule has 2 rings (SSSR count). The predicted molar refractivity (Wildman–Crippen MR) is 67.0 cm³/mol. The van der Waals surface area contributed by atoms with E-state index in [1.165, 1.54) is 37.8 Å². The van der Waals surface area contributed by atoms with E-state index in [1.807, 2.05) is 6.07 Å². The molecule has 0 amide bonds. The van der Waals surface area contributed by atoms with Crippen LogP contribution >= 0.6 is 0 Å². The fourth-order valence-corrected chi connectivity index (χ4v) is 2.34. The molecule has 1 saturated heterocycles. The Kier molecular flexibility index (Phi) is 4.23. The van der Waals surface area contributed by atoms with Gasteiger partial charge in [-0.3, -0.25) is 0 Å². The van der Waals surface area contributed by atoms with E-state index >= 15 is 0 Å². The fraction of sp³-hybridized carbons (Fsp3) is 0.571. The van der Waals surface area contributed by atoms with Crippen LogP contribution in [0, 0.1) is 0 Å². The third-order valence-corrected chi connectivity index (χ3v) is 3.33. The average molecular weight is 219 g/mol. The highest BCUT2D eigenvalue weighted by Crippen LogP contribution is 2.17. The maximum Gasteiger partial charge on any atom is 0.119 e. The molecule has 1 atom stereocenters. The van der Waals surface area contributed by atoms with Gasteiger partial charge in [0.2, 0.25) is 0 Å². The quantitative estimate of drug-likeness (QED) is 0.840. The molecule has 88 valence electrons. The highest BCUT2D eigenvalue weighted by Gasteiger charge is 2.11. The van der Waals surface area contributed by atoms with Gasteiger partial charge < -0.3 is 10.1 Å². The lowest BCUT2D eigenvalue weighted by molar-refractivity contribution is 0.382. The normalized spacial score (nSPS) is 20.7. The fourth-order valence-electron chi connectivity index (χ4n) is 2.34. The van der Waals surface area contributed by atoms with Crippen molar-refractivity contribution in [1.29, 1.82) is 0 Å². The van der Waals surface area contributed by atoms with Gasteiger partial charge in [0.25, 0.3) is 0 Å². The van der Waals surface area contributed by atoms with Crippen LogP contribution in [0.1, 0.15) is 31.2 Å². The summed E-state index contributed by atoms with van der Waals surface area (Å²) < 4.78 is 5.23. The summed E-state index contributed by atoms with van der Waals surface area (Å²) in [6.45, 7) is 1.20. The van der Waals surface area contributed by atoms with E-state index < -0.39 is 0 Å². The summed E-state index contributed by atoms with van der Waals surface area (Å²) in [5.41, 5.74) is 1.38. The minimum atomic E-state index is 0.722. The summed E-state index contributed by atoms with van der Waals surface area (Å²) in [7, 11) is 1.72. The topological polar surface area (TPSA) is 21.3 Å². The number of methoxy groups -OCH3 is 1. The molecule has 1 fully saturated rings. The number of ether oxygens (including phenoxy) is 1. The van der Waals surface area contributed by atoms with E-state index in [2.05, 4.69) is 23.5 Å². The Hall–Kier alpha value is -1.02. The van der Waals surface area contributed by atoms with Crippen molar-refractivity contribution in [3.8, 4) is 5.75 Å². The maximum atomic E-state index is 5.23. The Labute approximate surface area is 98.0 Å². The second kappa shape index (κ2) is 5.90. The van der Waals surface area contributed by atoms with Gasteiger partial charge in [-0.1, -0.05) is 18.6 Å². The molecule has 1 aliphatic rings. The minimum absolute atomic E-state index is 0.722. The standard InChI is InChI=1S/C14H21NO/c1-16-14-7-4-5-12(11-14)8-9-13-6-2-3-10-15-13/h4-5,7,11,13,15H,2-3,6,8-10H2,1H3/t13-/m1/s1. The van der Waals surface area contributed by atoms with Crippen molar-refractivity contribution < 1.29 is 4.74 Å². The van der Waals surface area contributed by atoms with Gasteiger partial charge in [-0.2, -0.15) is 0 Å². The number of aryl methyl sites for hydroxylation is 1. The summed E-state index contributed by atoms with van der Waals surface area (Å²) in [4.78, 5) is 0. The van der Waals surface area contributed by atoms with Crippen LogP contribution in [0.2, 0.25) is 0 Å². The summed E-state index contributed by atoms with van der Waals surface area (Å²) in [5, 5.41) is 3.59. The molecule has 0 aromatic heterocycles. The average Bonchev–Trinajstić information content (AvgIpc) is 2.38. The molecule has 2 heteroatoms. The summed E-state index contributed by atoms with van der Waals surface area (Å²) in [6, 6.07) is 9.12. The predicted octanol–water partition coefficient (Wildman–Crippen LogP) is 2.77. The first-order valence-electron chi connectivity index (χ1n) is 6.25. The van der Waals surface area contributed by atoms with Crippen molar-refractivity contribution in [2.24, 2.45) is 0 Å². The lowest BCUT2D eigenvalue weighted by Gasteiger charge is -2.23. The van der Waals surface area contributed by atoms with Gasteiger partial charge in [0.05, 0.1) is 7.11 Å². The van der Waals surface area contributed by atoms with E-state index in [0.29, 0.717) is 0 Å². The van der Waals surface area contributed by atoms with Crippen molar-refractivity contribution >= 4 is 0 Å². The Morgan fingerprint density at radius 1 is 1.38 bits per heavy atom. The molecule has 16 heavy (non-hydrogen) atoms. The van der Waals surface area contributed by atoms with Crippen LogP contribution in [-0.2, 0) is 6.42 Å². The summed E-state index contributed by atoms with van der Waals surface area (Å²) in [6.07, 6.45) is 6.46. The number of hydrogen-bond donors (Lipinski definition) is 1. The van der Waals surface area contributed by atoms with Gasteiger partial charge in [-0.15, -0.1) is 0 Å². The highest BCUT2D eigenvalue weighted by atomic mass is 16.5. The lowest BCUT2D eigenvalue weighted by Crippen LogP contribution is -2.34. The van der Waals surface area contributed by atoms with E-state index in [9.17, 15) is 0 Å². The summed E-state index contributed by atoms with van der Waals surface area (Å²) >= 11 is 0. The second-order valence-electron chi connectivity index (χ2n) is 4.54. The number of piperidine rings is 1. The smallest absolute Gasteiger partial charge is 0.119 e. The Morgan fingerprint density at radius 3 is 3.06 bits per heavy atom. The van der Waals surface area contributed by atoms with Crippen LogP contribution in [0.3, 0.4) is 0 Å². The molecular weight excluding hydrogens is 198 g/mol. The number of nitrogens with one attached hydrogen (secondary N) is 1. The highest BCUT2D eigenvalue weighted by molar-refractivity contribution is 5.28. The number of rotatable bonds is 4. The van der Waals surface area contributed by atoms with Crippen LogP contribution in [0.5, 0.6) is 5.75 Å². The molecule has 0 aliphatic carbocycles. The van der Waals surface area contributed by atoms with Crippen LogP contribution in [-0.4, -0.2) is 19.7 Å². The van der Waals surface area contributed by atoms with Gasteiger partial charge in [0.15, 0.2) is 0 Å². The molecule has 0 unspecified atom stereocenters. The van der Waals surface area contributed by atoms with Gasteiger partial charge in [-0.05, 0) is 49.9 Å². The molecule has 0 radical (unpaired) electrons. The first-order valence-corrected chi connectivity index (χ1v) is 6.25. The Morgan fingerprint density at radius 2 is 2.31 bits per heavy atom. The zero-order valence-electron chi connectivity index (χ0n) is 10.0. The molecule has 0 spiro atoms. The van der Waals surface area contributed by atoms with Gasteiger partial charge >= 0.3 is 0 Å². The molecule has 1 heterocycles. The summed E-state index contributed by atoms with van der Waals surface area (Å²) in [5.74, 6) is 0.967. The minimum Gasteiger partial charge on any atom is -0.497 e. The first-order chi connectivity index (χ1) is 7.88. The third-order valence-electron chi connectivity index (χ3n) is 3.33. The van der Waals surface area contributed by atoms with Crippen LogP contribution in [0.4, 0.5) is 0 Å². The second-order valence-corrected chi connectivity index (χ2v) is 4.54. The molecule has 0 bridgehead atoms. The SMILES string of the molecule is COc1cccc(CC[C@H]2CCCCN2)c1. The van der Waals surface area contributed by atoms with E-state index in [1.54, 1.807) is 7.11 Å². The zero-order chi connectivity index (χ0) is 11.2. The largest absolute Gasteiger partial charge is 0.497 e. The third kappa shape index (κ3) is 3.24. The van der Waals surface area contributed by atoms with Gasteiger partial charge in [0.1, 0.15) is 5.75 Å². The molecule has 0 saturated carbocycles. The van der Waals surface area contributed by atoms with Crippen molar-refractivity contribution in [2.45, 2.75) is 38.1 Å². The monoisotopic (exact) mass is 219 g/mol.